The summed E-state index contributed by atoms with van der Waals surface area (Å²) < 4.78 is 5.39. The summed E-state index contributed by atoms with van der Waals surface area (Å²) in [7, 11) is 0. The minimum Gasteiger partial charge on any atom is -0.449 e. The molecule has 0 aromatic carbocycles. The van der Waals surface area contributed by atoms with Crippen molar-refractivity contribution in [3.63, 3.8) is 0 Å². The van der Waals surface area contributed by atoms with E-state index in [1.165, 1.54) is 0 Å². The third-order valence-electron chi connectivity index (χ3n) is 4.58. The van der Waals surface area contributed by atoms with E-state index in [9.17, 15) is 5.11 Å². The van der Waals surface area contributed by atoms with E-state index < -0.39 is 6.10 Å². The molecule has 3 heterocycles. The van der Waals surface area contributed by atoms with Gasteiger partial charge in [-0.05, 0) is 18.1 Å². The van der Waals surface area contributed by atoms with Crippen molar-refractivity contribution in [1.82, 2.24) is 4.98 Å². The number of pyridine rings is 1. The Kier molecular flexibility index (Phi) is 4.78. The second-order valence-corrected chi connectivity index (χ2v) is 6.92. The summed E-state index contributed by atoms with van der Waals surface area (Å²) in [6, 6.07) is 5.55. The predicted octanol–water partition coefficient (Wildman–Crippen LogP) is 2.69. The van der Waals surface area contributed by atoms with Crippen LogP contribution in [0.4, 0.5) is 17.3 Å². The monoisotopic (exact) mass is 330 g/mol. The maximum absolute atomic E-state index is 10.1. The zero-order valence-electron chi connectivity index (χ0n) is 14.4. The first kappa shape index (κ1) is 16.8. The number of furan rings is 1. The van der Waals surface area contributed by atoms with Gasteiger partial charge in [-0.25, -0.2) is 0 Å². The molecule has 0 amide bonds. The Morgan fingerprint density at radius 1 is 1.42 bits per heavy atom. The molecule has 0 spiro atoms. The van der Waals surface area contributed by atoms with Crippen LogP contribution < -0.4 is 16.0 Å². The van der Waals surface area contributed by atoms with Gasteiger partial charge in [0.2, 0.25) is 0 Å². The Balaban J connectivity index is 1.95. The summed E-state index contributed by atoms with van der Waals surface area (Å²) in [6.45, 7) is 7.64. The van der Waals surface area contributed by atoms with Crippen LogP contribution in [0.1, 0.15) is 32.4 Å². The van der Waals surface area contributed by atoms with Gasteiger partial charge in [0.15, 0.2) is 5.88 Å². The van der Waals surface area contributed by atoms with E-state index in [1.807, 2.05) is 25.3 Å². The standard InChI is InChI=1S/C18H26N4O2/c1-11(2)14-7-16(22-9-12(3)18(23)13(19)10-22)15(8-20-14)21-17-5-4-6-24-17/h4-8,11-13,18,21,23H,9-10,19H2,1-3H3. The summed E-state index contributed by atoms with van der Waals surface area (Å²) >= 11 is 0. The third-order valence-corrected chi connectivity index (χ3v) is 4.58. The Morgan fingerprint density at radius 2 is 2.21 bits per heavy atom. The highest BCUT2D eigenvalue weighted by molar-refractivity contribution is 5.73. The van der Waals surface area contributed by atoms with E-state index in [-0.39, 0.29) is 12.0 Å². The molecular formula is C18H26N4O2. The van der Waals surface area contributed by atoms with Crippen molar-refractivity contribution < 1.29 is 9.52 Å². The fraction of sp³-hybridized carbons (Fsp3) is 0.500. The van der Waals surface area contributed by atoms with E-state index in [1.54, 1.807) is 6.26 Å². The van der Waals surface area contributed by atoms with Gasteiger partial charge >= 0.3 is 0 Å². The van der Waals surface area contributed by atoms with Crippen LogP contribution in [0.15, 0.2) is 35.1 Å². The first-order chi connectivity index (χ1) is 11.5. The molecule has 1 fully saturated rings. The summed E-state index contributed by atoms with van der Waals surface area (Å²) in [5, 5.41) is 13.4. The minimum absolute atomic E-state index is 0.112. The van der Waals surface area contributed by atoms with Crippen molar-refractivity contribution in [2.24, 2.45) is 11.7 Å². The SMILES string of the molecule is CC(C)c1cc(N2CC(C)C(O)C(N)C2)c(Nc2ccco2)cn1. The molecule has 3 unspecified atom stereocenters. The molecule has 6 nitrogen and oxygen atoms in total. The lowest BCUT2D eigenvalue weighted by Gasteiger charge is -2.40. The van der Waals surface area contributed by atoms with Crippen LogP contribution in [0.5, 0.6) is 0 Å². The van der Waals surface area contributed by atoms with Gasteiger partial charge in [0.1, 0.15) is 0 Å². The van der Waals surface area contributed by atoms with Crippen LogP contribution >= 0.6 is 0 Å². The number of rotatable bonds is 4. The summed E-state index contributed by atoms with van der Waals surface area (Å²) in [5.74, 6) is 1.12. The number of nitrogens with two attached hydrogens (primary N) is 1. The van der Waals surface area contributed by atoms with Gasteiger partial charge in [-0.1, -0.05) is 20.8 Å². The Morgan fingerprint density at radius 3 is 2.83 bits per heavy atom. The number of aromatic nitrogens is 1. The number of hydrogen-bond donors (Lipinski definition) is 3. The van der Waals surface area contributed by atoms with Crippen molar-refractivity contribution in [3.05, 3.63) is 36.4 Å². The Bertz CT molecular complexity index is 660. The van der Waals surface area contributed by atoms with Crippen LogP contribution in [-0.4, -0.2) is 35.3 Å². The van der Waals surface area contributed by atoms with Gasteiger partial charge in [0.05, 0.1) is 29.9 Å². The van der Waals surface area contributed by atoms with E-state index in [4.69, 9.17) is 10.2 Å². The van der Waals surface area contributed by atoms with E-state index in [0.717, 1.165) is 23.6 Å². The largest absolute Gasteiger partial charge is 0.449 e. The number of aliphatic hydroxyl groups excluding tert-OH is 1. The molecule has 1 aliphatic rings. The average molecular weight is 330 g/mol. The van der Waals surface area contributed by atoms with Crippen LogP contribution in [0.2, 0.25) is 0 Å². The maximum Gasteiger partial charge on any atom is 0.197 e. The Hall–Kier alpha value is -2.05. The molecule has 24 heavy (non-hydrogen) atoms. The second kappa shape index (κ2) is 6.83. The van der Waals surface area contributed by atoms with Gasteiger partial charge in [0, 0.05) is 36.8 Å². The number of piperidine rings is 1. The minimum atomic E-state index is -0.464. The van der Waals surface area contributed by atoms with Crippen LogP contribution in [0.25, 0.3) is 0 Å². The molecule has 0 saturated carbocycles. The average Bonchev–Trinajstić information content (AvgIpc) is 3.05. The first-order valence-corrected chi connectivity index (χ1v) is 8.44. The van der Waals surface area contributed by atoms with Crippen molar-refractivity contribution in [2.45, 2.75) is 38.8 Å². The first-order valence-electron chi connectivity index (χ1n) is 8.44. The highest BCUT2D eigenvalue weighted by Crippen LogP contribution is 2.33. The fourth-order valence-corrected chi connectivity index (χ4v) is 3.13. The molecular weight excluding hydrogens is 304 g/mol. The van der Waals surface area contributed by atoms with Gasteiger partial charge in [-0.3, -0.25) is 4.98 Å². The predicted molar refractivity (Wildman–Crippen MR) is 95.7 cm³/mol. The molecule has 3 atom stereocenters. The molecule has 6 heteroatoms. The lowest BCUT2D eigenvalue weighted by molar-refractivity contribution is 0.0785. The van der Waals surface area contributed by atoms with Crippen LogP contribution in [0.3, 0.4) is 0 Å². The van der Waals surface area contributed by atoms with Crippen LogP contribution in [0, 0.1) is 5.92 Å². The highest BCUT2D eigenvalue weighted by Gasteiger charge is 2.32. The fourth-order valence-electron chi connectivity index (χ4n) is 3.13. The number of nitrogens with one attached hydrogen (secondary N) is 1. The van der Waals surface area contributed by atoms with Crippen LogP contribution in [-0.2, 0) is 0 Å². The van der Waals surface area contributed by atoms with E-state index >= 15 is 0 Å². The Labute approximate surface area is 142 Å². The zero-order valence-corrected chi connectivity index (χ0v) is 14.4. The zero-order chi connectivity index (χ0) is 17.3. The number of nitrogens with zero attached hydrogens (tertiary/aromatic N) is 2. The number of aliphatic hydroxyl groups is 1. The summed E-state index contributed by atoms with van der Waals surface area (Å²) in [5.41, 5.74) is 9.08. The topological polar surface area (TPSA) is 87.5 Å². The number of hydrogen-bond acceptors (Lipinski definition) is 6. The van der Waals surface area contributed by atoms with Crippen molar-refractivity contribution in [3.8, 4) is 0 Å². The van der Waals surface area contributed by atoms with E-state index in [2.05, 4.69) is 35.1 Å². The third kappa shape index (κ3) is 3.39. The molecule has 2 aromatic heterocycles. The van der Waals surface area contributed by atoms with Gasteiger partial charge in [-0.2, -0.15) is 0 Å². The second-order valence-electron chi connectivity index (χ2n) is 6.92. The molecule has 1 saturated heterocycles. The van der Waals surface area contributed by atoms with Crippen molar-refractivity contribution >= 4 is 17.3 Å². The number of anilines is 3. The summed E-state index contributed by atoms with van der Waals surface area (Å²) in [6.07, 6.45) is 3.01. The summed E-state index contributed by atoms with van der Waals surface area (Å²) in [4.78, 5) is 6.78. The normalized spacial score (nSPS) is 24.4. The molecule has 0 aliphatic carbocycles. The molecule has 1 aliphatic heterocycles. The maximum atomic E-state index is 10.1. The lowest BCUT2D eigenvalue weighted by Crippen LogP contribution is -2.55. The van der Waals surface area contributed by atoms with Crippen molar-refractivity contribution in [1.29, 1.82) is 0 Å². The molecule has 130 valence electrons. The molecule has 0 bridgehead atoms. The smallest absolute Gasteiger partial charge is 0.197 e. The van der Waals surface area contributed by atoms with E-state index in [0.29, 0.717) is 18.3 Å². The molecule has 0 radical (unpaired) electrons. The molecule has 2 aromatic rings. The highest BCUT2D eigenvalue weighted by atomic mass is 16.3. The molecule has 4 N–H and O–H groups in total. The van der Waals surface area contributed by atoms with Crippen molar-refractivity contribution in [2.75, 3.05) is 23.3 Å². The molecule has 3 rings (SSSR count). The van der Waals surface area contributed by atoms with Gasteiger partial charge in [0.25, 0.3) is 0 Å². The lowest BCUT2D eigenvalue weighted by atomic mass is 9.92. The van der Waals surface area contributed by atoms with Gasteiger partial charge in [-0.15, -0.1) is 0 Å². The quantitative estimate of drug-likeness (QED) is 0.799. The van der Waals surface area contributed by atoms with Gasteiger partial charge < -0.3 is 25.5 Å².